The first-order chi connectivity index (χ1) is 11.6. The van der Waals surface area contributed by atoms with Gasteiger partial charge in [0, 0.05) is 36.6 Å². The van der Waals surface area contributed by atoms with E-state index in [-0.39, 0.29) is 11.8 Å². The topological polar surface area (TPSA) is 85.8 Å². The summed E-state index contributed by atoms with van der Waals surface area (Å²) in [6.45, 7) is 5.19. The van der Waals surface area contributed by atoms with Gasteiger partial charge in [0.25, 0.3) is 11.8 Å². The van der Waals surface area contributed by atoms with Gasteiger partial charge in [-0.1, -0.05) is 12.1 Å². The number of benzene rings is 1. The minimum absolute atomic E-state index is 0.101. The van der Waals surface area contributed by atoms with Crippen LogP contribution in [0.1, 0.15) is 23.1 Å². The summed E-state index contributed by atoms with van der Waals surface area (Å²) >= 11 is 0. The molecule has 24 heavy (non-hydrogen) atoms. The van der Waals surface area contributed by atoms with Crippen molar-refractivity contribution in [3.8, 4) is 11.5 Å². The first kappa shape index (κ1) is 15.9. The van der Waals surface area contributed by atoms with E-state index in [0.29, 0.717) is 23.8 Å². The Morgan fingerprint density at radius 3 is 2.75 bits per heavy atom. The van der Waals surface area contributed by atoms with Crippen molar-refractivity contribution in [2.45, 2.75) is 20.4 Å². The van der Waals surface area contributed by atoms with E-state index in [4.69, 9.17) is 4.52 Å². The van der Waals surface area contributed by atoms with Gasteiger partial charge in [0.15, 0.2) is 5.82 Å². The summed E-state index contributed by atoms with van der Waals surface area (Å²) in [6.07, 6.45) is 3.66. The van der Waals surface area contributed by atoms with E-state index in [0.717, 1.165) is 12.1 Å². The highest BCUT2D eigenvalue weighted by Crippen LogP contribution is 2.17. The van der Waals surface area contributed by atoms with E-state index in [2.05, 4.69) is 27.5 Å². The fourth-order valence-electron chi connectivity index (χ4n) is 2.34. The van der Waals surface area contributed by atoms with Gasteiger partial charge in [-0.25, -0.2) is 0 Å². The fraction of sp³-hybridized carbons (Fsp3) is 0.294. The van der Waals surface area contributed by atoms with Gasteiger partial charge in [0.2, 0.25) is 0 Å². The number of aromatic nitrogens is 4. The summed E-state index contributed by atoms with van der Waals surface area (Å²) in [6, 6.07) is 8.99. The second-order valence-electron chi connectivity index (χ2n) is 5.77. The number of rotatable bonds is 6. The SMILES string of the molecule is Cc1noc(-c2ccc(C(=O)NCC(C)Cn3cccn3)cc2)n1. The summed E-state index contributed by atoms with van der Waals surface area (Å²) < 4.78 is 6.97. The van der Waals surface area contributed by atoms with Crippen LogP contribution in [-0.4, -0.2) is 32.4 Å². The van der Waals surface area contributed by atoms with E-state index in [9.17, 15) is 4.79 Å². The Hall–Kier alpha value is -2.96. The maximum atomic E-state index is 12.2. The third-order valence-corrected chi connectivity index (χ3v) is 3.59. The Morgan fingerprint density at radius 2 is 2.12 bits per heavy atom. The summed E-state index contributed by atoms with van der Waals surface area (Å²) in [7, 11) is 0. The molecule has 1 atom stereocenters. The molecule has 1 N–H and O–H groups in total. The van der Waals surface area contributed by atoms with Gasteiger partial charge in [-0.05, 0) is 43.2 Å². The first-order valence-corrected chi connectivity index (χ1v) is 7.78. The Morgan fingerprint density at radius 1 is 1.33 bits per heavy atom. The van der Waals surface area contributed by atoms with Gasteiger partial charge in [-0.3, -0.25) is 9.48 Å². The molecule has 0 bridgehead atoms. The van der Waals surface area contributed by atoms with Crippen LogP contribution in [0.3, 0.4) is 0 Å². The van der Waals surface area contributed by atoms with Crippen molar-refractivity contribution >= 4 is 5.91 Å². The molecule has 3 aromatic rings. The van der Waals surface area contributed by atoms with E-state index in [1.54, 1.807) is 37.4 Å². The highest BCUT2D eigenvalue weighted by molar-refractivity contribution is 5.94. The number of nitrogens with one attached hydrogen (secondary N) is 1. The summed E-state index contributed by atoms with van der Waals surface area (Å²) in [5.74, 6) is 1.22. The van der Waals surface area contributed by atoms with Crippen molar-refractivity contribution in [1.82, 2.24) is 25.2 Å². The van der Waals surface area contributed by atoms with E-state index in [1.165, 1.54) is 0 Å². The van der Waals surface area contributed by atoms with Crippen LogP contribution in [0, 0.1) is 12.8 Å². The van der Waals surface area contributed by atoms with Gasteiger partial charge >= 0.3 is 0 Å². The van der Waals surface area contributed by atoms with Gasteiger partial charge in [-0.15, -0.1) is 0 Å². The van der Waals surface area contributed by atoms with Crippen molar-refractivity contribution in [3.63, 3.8) is 0 Å². The quantitative estimate of drug-likeness (QED) is 0.751. The number of nitrogens with zero attached hydrogens (tertiary/aromatic N) is 4. The van der Waals surface area contributed by atoms with Crippen LogP contribution in [0.15, 0.2) is 47.2 Å². The lowest BCUT2D eigenvalue weighted by atomic mass is 10.1. The molecular formula is C17H19N5O2. The fourth-order valence-corrected chi connectivity index (χ4v) is 2.34. The molecule has 7 nitrogen and oxygen atoms in total. The third-order valence-electron chi connectivity index (χ3n) is 3.59. The molecule has 0 fully saturated rings. The summed E-state index contributed by atoms with van der Waals surface area (Å²) in [5.41, 5.74) is 1.39. The van der Waals surface area contributed by atoms with Gasteiger partial charge in [0.05, 0.1) is 0 Å². The molecule has 2 aromatic heterocycles. The van der Waals surface area contributed by atoms with Crippen LogP contribution in [0.5, 0.6) is 0 Å². The standard InChI is InChI=1S/C17H19N5O2/c1-12(11-22-9-3-8-19-22)10-18-16(23)14-4-6-15(7-5-14)17-20-13(2)21-24-17/h3-9,12H,10-11H2,1-2H3,(H,18,23). The maximum Gasteiger partial charge on any atom is 0.257 e. The number of carbonyl (C=O) groups excluding carboxylic acids is 1. The monoisotopic (exact) mass is 325 g/mol. The lowest BCUT2D eigenvalue weighted by Crippen LogP contribution is -2.30. The normalized spacial score (nSPS) is 12.1. The Kier molecular flexibility index (Phi) is 4.69. The average Bonchev–Trinajstić information content (AvgIpc) is 3.24. The van der Waals surface area contributed by atoms with Crippen molar-refractivity contribution < 1.29 is 9.32 Å². The van der Waals surface area contributed by atoms with Crippen LogP contribution in [-0.2, 0) is 6.54 Å². The van der Waals surface area contributed by atoms with Gasteiger partial charge < -0.3 is 9.84 Å². The highest BCUT2D eigenvalue weighted by atomic mass is 16.5. The summed E-state index contributed by atoms with van der Waals surface area (Å²) in [5, 5.41) is 10.9. The zero-order valence-electron chi connectivity index (χ0n) is 13.6. The molecule has 2 heterocycles. The van der Waals surface area contributed by atoms with Crippen LogP contribution in [0.4, 0.5) is 0 Å². The van der Waals surface area contributed by atoms with E-state index >= 15 is 0 Å². The smallest absolute Gasteiger partial charge is 0.257 e. The number of hydrogen-bond acceptors (Lipinski definition) is 5. The van der Waals surface area contributed by atoms with Crippen molar-refractivity contribution in [1.29, 1.82) is 0 Å². The molecule has 0 saturated heterocycles. The molecule has 0 radical (unpaired) electrons. The molecule has 0 saturated carbocycles. The molecule has 0 spiro atoms. The molecule has 7 heteroatoms. The highest BCUT2D eigenvalue weighted by Gasteiger charge is 2.11. The van der Waals surface area contributed by atoms with Crippen molar-refractivity contribution in [2.24, 2.45) is 5.92 Å². The molecule has 0 aliphatic carbocycles. The Labute approximate surface area is 139 Å². The second-order valence-corrected chi connectivity index (χ2v) is 5.77. The van der Waals surface area contributed by atoms with Crippen molar-refractivity contribution in [2.75, 3.05) is 6.54 Å². The van der Waals surface area contributed by atoms with Gasteiger partial charge in [0.1, 0.15) is 0 Å². The average molecular weight is 325 g/mol. The van der Waals surface area contributed by atoms with Gasteiger partial charge in [-0.2, -0.15) is 10.1 Å². The number of hydrogen-bond donors (Lipinski definition) is 1. The van der Waals surface area contributed by atoms with Crippen LogP contribution >= 0.6 is 0 Å². The largest absolute Gasteiger partial charge is 0.352 e. The van der Waals surface area contributed by atoms with Crippen LogP contribution < -0.4 is 5.32 Å². The van der Waals surface area contributed by atoms with Crippen LogP contribution in [0.25, 0.3) is 11.5 Å². The van der Waals surface area contributed by atoms with E-state index < -0.39 is 0 Å². The molecule has 1 unspecified atom stereocenters. The number of carbonyl (C=O) groups is 1. The summed E-state index contributed by atoms with van der Waals surface area (Å²) in [4.78, 5) is 16.4. The molecule has 3 rings (SSSR count). The lowest BCUT2D eigenvalue weighted by molar-refractivity contribution is 0.0946. The molecule has 0 aliphatic heterocycles. The number of aryl methyl sites for hydroxylation is 1. The van der Waals surface area contributed by atoms with Crippen molar-refractivity contribution in [3.05, 3.63) is 54.1 Å². The molecule has 124 valence electrons. The number of amides is 1. The minimum atomic E-state index is -0.101. The zero-order valence-corrected chi connectivity index (χ0v) is 13.6. The molecule has 1 aromatic carbocycles. The second kappa shape index (κ2) is 7.08. The Balaban J connectivity index is 1.55. The molecule has 1 amide bonds. The predicted molar refractivity (Wildman–Crippen MR) is 88.2 cm³/mol. The first-order valence-electron chi connectivity index (χ1n) is 7.78. The zero-order chi connectivity index (χ0) is 16.9. The van der Waals surface area contributed by atoms with Crippen LogP contribution in [0.2, 0.25) is 0 Å². The molecule has 0 aliphatic rings. The lowest BCUT2D eigenvalue weighted by Gasteiger charge is -2.13. The predicted octanol–water partition coefficient (Wildman–Crippen LogP) is 2.31. The molecular weight excluding hydrogens is 306 g/mol. The third kappa shape index (κ3) is 3.87. The minimum Gasteiger partial charge on any atom is -0.352 e. The Bertz CT molecular complexity index is 793. The van der Waals surface area contributed by atoms with E-state index in [1.807, 2.05) is 16.9 Å². The maximum absolute atomic E-state index is 12.2.